The van der Waals surface area contributed by atoms with Gasteiger partial charge in [0.2, 0.25) is 5.82 Å². The van der Waals surface area contributed by atoms with E-state index in [9.17, 15) is 20.1 Å². The number of carbonyl (C=O) groups is 1. The van der Waals surface area contributed by atoms with E-state index in [1.54, 1.807) is 17.0 Å². The summed E-state index contributed by atoms with van der Waals surface area (Å²) in [6, 6.07) is 7.37. The van der Waals surface area contributed by atoms with Crippen LogP contribution in [0.3, 0.4) is 0 Å². The smallest absolute Gasteiger partial charge is 0.410 e. The number of hydrogen-bond acceptors (Lipinski definition) is 10. The van der Waals surface area contributed by atoms with Crippen LogP contribution in [0.2, 0.25) is 0 Å². The van der Waals surface area contributed by atoms with Crippen LogP contribution in [-0.2, 0) is 4.74 Å². The van der Waals surface area contributed by atoms with E-state index in [1.807, 2.05) is 19.1 Å². The highest BCUT2D eigenvalue weighted by Gasteiger charge is 2.44. The third-order valence-corrected chi connectivity index (χ3v) is 6.93. The highest BCUT2D eigenvalue weighted by Crippen LogP contribution is 2.32. The number of aryl methyl sites for hydroxylation is 1. The molecule has 1 amide bonds. The van der Waals surface area contributed by atoms with Crippen molar-refractivity contribution in [2.24, 2.45) is 5.92 Å². The second kappa shape index (κ2) is 10.9. The first-order valence-corrected chi connectivity index (χ1v) is 12.5. The predicted octanol–water partition coefficient (Wildman–Crippen LogP) is 0.981. The van der Waals surface area contributed by atoms with Crippen molar-refractivity contribution in [1.29, 1.82) is 0 Å². The zero-order chi connectivity index (χ0) is 26.8. The molecule has 4 heterocycles. The van der Waals surface area contributed by atoms with Crippen LogP contribution < -0.4 is 10.5 Å². The third-order valence-electron chi connectivity index (χ3n) is 6.93. The normalized spacial score (nSPS) is 23.8. The minimum absolute atomic E-state index is 0.130. The topological polar surface area (TPSA) is 169 Å². The number of imidazole rings is 1. The van der Waals surface area contributed by atoms with Crippen molar-refractivity contribution in [1.82, 2.24) is 24.4 Å². The van der Waals surface area contributed by atoms with Gasteiger partial charge in [-0.3, -0.25) is 4.57 Å². The van der Waals surface area contributed by atoms with Crippen LogP contribution in [0, 0.1) is 24.7 Å². The number of aliphatic hydroxyl groups is 3. The van der Waals surface area contributed by atoms with Crippen LogP contribution >= 0.6 is 0 Å². The van der Waals surface area contributed by atoms with Crippen molar-refractivity contribution in [3.05, 3.63) is 42.0 Å². The fourth-order valence-electron chi connectivity index (χ4n) is 4.66. The standard InChI is InChI=1S/C26H30N6O6/c1-15-5-7-17(8-6-15)37-26(36)31-11-9-16(10-12-31)3-2-4-19-29-23(27)20-24(30-19)32(14-28-20)25-22(35)21(34)18(13-33)38-25/h5-8,14,16,18,21-22,25,33-35H,3,9-13H2,1H3,(H2,27,29,30)/t18?,21-,22-,25?/m0/s1. The molecule has 200 valence electrons. The van der Waals surface area contributed by atoms with Crippen LogP contribution in [0.15, 0.2) is 30.6 Å². The van der Waals surface area contributed by atoms with E-state index in [4.69, 9.17) is 15.2 Å². The summed E-state index contributed by atoms with van der Waals surface area (Å²) < 4.78 is 12.5. The maximum atomic E-state index is 12.5. The molecule has 3 aromatic rings. The largest absolute Gasteiger partial charge is 0.415 e. The summed E-state index contributed by atoms with van der Waals surface area (Å²) in [5, 5.41) is 29.8. The number of anilines is 1. The number of benzene rings is 1. The van der Waals surface area contributed by atoms with Gasteiger partial charge in [0.25, 0.3) is 0 Å². The number of hydrogen-bond donors (Lipinski definition) is 4. The van der Waals surface area contributed by atoms with E-state index in [0.29, 0.717) is 42.3 Å². The number of fused-ring (bicyclic) bond motifs is 1. The number of carbonyl (C=O) groups excluding carboxylic acids is 1. The van der Waals surface area contributed by atoms with Gasteiger partial charge in [0.15, 0.2) is 17.7 Å². The lowest BCUT2D eigenvalue weighted by Gasteiger charge is -2.30. The number of ether oxygens (including phenoxy) is 2. The Morgan fingerprint density at radius 3 is 2.61 bits per heavy atom. The van der Waals surface area contributed by atoms with Gasteiger partial charge in [-0.25, -0.2) is 19.7 Å². The van der Waals surface area contributed by atoms with Crippen LogP contribution in [0.5, 0.6) is 5.75 Å². The van der Waals surface area contributed by atoms with E-state index in [1.165, 1.54) is 10.9 Å². The van der Waals surface area contributed by atoms with Crippen molar-refractivity contribution in [2.45, 2.75) is 50.7 Å². The Bertz CT molecular complexity index is 1360. The first-order chi connectivity index (χ1) is 18.3. The van der Waals surface area contributed by atoms with Gasteiger partial charge in [-0.1, -0.05) is 23.6 Å². The number of nitrogens with two attached hydrogens (primary N) is 1. The number of amides is 1. The van der Waals surface area contributed by atoms with Gasteiger partial charge >= 0.3 is 6.09 Å². The fraction of sp³-hybridized carbons (Fsp3) is 0.462. The van der Waals surface area contributed by atoms with Crippen molar-refractivity contribution in [3.8, 4) is 17.6 Å². The molecular weight excluding hydrogens is 492 g/mol. The first kappa shape index (κ1) is 25.9. The Balaban J connectivity index is 1.20. The third kappa shape index (κ3) is 5.27. The molecule has 2 aliphatic rings. The molecule has 2 aliphatic heterocycles. The summed E-state index contributed by atoms with van der Waals surface area (Å²) in [5.41, 5.74) is 7.79. The molecule has 0 aliphatic carbocycles. The number of nitrogen functional groups attached to an aromatic ring is 1. The second-order valence-electron chi connectivity index (χ2n) is 9.60. The van der Waals surface area contributed by atoms with Gasteiger partial charge < -0.3 is 35.4 Å². The number of nitrogens with zero attached hydrogens (tertiary/aromatic N) is 5. The maximum absolute atomic E-state index is 12.5. The molecule has 1 aromatic carbocycles. The Kier molecular flexibility index (Phi) is 7.44. The molecule has 0 radical (unpaired) electrons. The predicted molar refractivity (Wildman–Crippen MR) is 136 cm³/mol. The van der Waals surface area contributed by atoms with Crippen LogP contribution in [0.25, 0.3) is 11.2 Å². The van der Waals surface area contributed by atoms with E-state index in [2.05, 4.69) is 26.8 Å². The molecule has 5 N–H and O–H groups in total. The van der Waals surface area contributed by atoms with Crippen molar-refractivity contribution in [2.75, 3.05) is 25.4 Å². The molecule has 12 nitrogen and oxygen atoms in total. The summed E-state index contributed by atoms with van der Waals surface area (Å²) in [7, 11) is 0. The zero-order valence-corrected chi connectivity index (χ0v) is 20.9. The van der Waals surface area contributed by atoms with E-state index in [0.717, 1.165) is 18.4 Å². The average molecular weight is 523 g/mol. The molecule has 5 rings (SSSR count). The second-order valence-corrected chi connectivity index (χ2v) is 9.60. The molecule has 2 unspecified atom stereocenters. The number of piperidine rings is 1. The van der Waals surface area contributed by atoms with Gasteiger partial charge in [-0.05, 0) is 43.7 Å². The Morgan fingerprint density at radius 2 is 1.92 bits per heavy atom. The molecule has 4 atom stereocenters. The lowest BCUT2D eigenvalue weighted by molar-refractivity contribution is -0.0511. The van der Waals surface area contributed by atoms with Gasteiger partial charge in [0.05, 0.1) is 12.9 Å². The van der Waals surface area contributed by atoms with Gasteiger partial charge in [-0.15, -0.1) is 0 Å². The lowest BCUT2D eigenvalue weighted by Crippen LogP contribution is -2.40. The Labute approximate surface area is 219 Å². The van der Waals surface area contributed by atoms with Gasteiger partial charge in [-0.2, -0.15) is 0 Å². The van der Waals surface area contributed by atoms with Gasteiger partial charge in [0, 0.05) is 19.5 Å². The molecule has 2 fully saturated rings. The zero-order valence-electron chi connectivity index (χ0n) is 20.9. The van der Waals surface area contributed by atoms with Crippen LogP contribution in [0.1, 0.15) is 36.9 Å². The first-order valence-electron chi connectivity index (χ1n) is 12.5. The van der Waals surface area contributed by atoms with E-state index < -0.39 is 31.1 Å². The summed E-state index contributed by atoms with van der Waals surface area (Å²) in [6.07, 6.45) is -1.20. The van der Waals surface area contributed by atoms with E-state index >= 15 is 0 Å². The lowest BCUT2D eigenvalue weighted by atomic mass is 9.94. The fourth-order valence-corrected chi connectivity index (χ4v) is 4.66. The molecule has 2 aromatic heterocycles. The summed E-state index contributed by atoms with van der Waals surface area (Å²) >= 11 is 0. The highest BCUT2D eigenvalue weighted by molar-refractivity contribution is 5.82. The summed E-state index contributed by atoms with van der Waals surface area (Å²) in [5.74, 6) is 7.24. The average Bonchev–Trinajstić information content (AvgIpc) is 3.46. The summed E-state index contributed by atoms with van der Waals surface area (Å²) in [4.78, 5) is 27.0. The number of aliphatic hydroxyl groups excluding tert-OH is 3. The monoisotopic (exact) mass is 522 g/mol. The molecular formula is C26H30N6O6. The SMILES string of the molecule is Cc1ccc(OC(=O)N2CCC(CC#Cc3nc(N)c4ncn(C5OC(CO)[C@H](O)[C@@H]5O)c4n3)CC2)cc1. The highest BCUT2D eigenvalue weighted by atomic mass is 16.6. The van der Waals surface area contributed by atoms with Crippen LogP contribution in [0.4, 0.5) is 10.6 Å². The van der Waals surface area contributed by atoms with Gasteiger partial charge in [0.1, 0.15) is 29.6 Å². The van der Waals surface area contributed by atoms with Crippen molar-refractivity contribution < 1.29 is 29.6 Å². The maximum Gasteiger partial charge on any atom is 0.415 e. The summed E-state index contributed by atoms with van der Waals surface area (Å²) in [6.45, 7) is 2.72. The molecule has 0 spiro atoms. The van der Waals surface area contributed by atoms with Crippen LogP contribution in [-0.4, -0.2) is 83.8 Å². The van der Waals surface area contributed by atoms with Crippen molar-refractivity contribution in [3.63, 3.8) is 0 Å². The molecule has 12 heteroatoms. The van der Waals surface area contributed by atoms with Crippen molar-refractivity contribution >= 4 is 23.1 Å². The number of likely N-dealkylation sites (tertiary alicyclic amines) is 1. The molecule has 38 heavy (non-hydrogen) atoms. The molecule has 0 saturated carbocycles. The Hall–Kier alpha value is -3.76. The molecule has 0 bridgehead atoms. The number of rotatable bonds is 4. The quantitative estimate of drug-likeness (QED) is 0.362. The Morgan fingerprint density at radius 1 is 1.18 bits per heavy atom. The number of aromatic nitrogens is 4. The minimum atomic E-state index is -1.28. The van der Waals surface area contributed by atoms with E-state index in [-0.39, 0.29) is 17.7 Å². The molecule has 2 saturated heterocycles. The minimum Gasteiger partial charge on any atom is -0.410 e.